The van der Waals surface area contributed by atoms with E-state index < -0.39 is 6.10 Å². The Hall–Kier alpha value is -2.64. The summed E-state index contributed by atoms with van der Waals surface area (Å²) in [6.07, 6.45) is 1.62. The van der Waals surface area contributed by atoms with Gasteiger partial charge in [0.1, 0.15) is 18.2 Å². The summed E-state index contributed by atoms with van der Waals surface area (Å²) in [6.45, 7) is 1.66. The van der Waals surface area contributed by atoms with Gasteiger partial charge in [0.05, 0.1) is 11.8 Å². The van der Waals surface area contributed by atoms with Crippen LogP contribution in [0.3, 0.4) is 0 Å². The summed E-state index contributed by atoms with van der Waals surface area (Å²) in [5.41, 5.74) is 1.60. The standard InChI is InChI=1S/C22H23N3O3S/c1-15(26)17-6-5-9-20(12-17)28-13-19(27)14-29-22-23-21(16-10-11-16)25(24-22)18-7-3-2-4-8-18/h2-9,12,16,19,27H,10-11,13-14H2,1H3. The number of para-hydroxylation sites is 1. The van der Waals surface area contributed by atoms with Crippen LogP contribution in [0, 0.1) is 0 Å². The number of nitrogens with zero attached hydrogens (tertiary/aromatic N) is 3. The fourth-order valence-corrected chi connectivity index (χ4v) is 3.68. The number of benzene rings is 2. The van der Waals surface area contributed by atoms with Crippen molar-refractivity contribution in [3.8, 4) is 11.4 Å². The maximum atomic E-state index is 11.5. The Balaban J connectivity index is 1.35. The molecule has 6 nitrogen and oxygen atoms in total. The van der Waals surface area contributed by atoms with Crippen LogP contribution in [0.1, 0.15) is 41.9 Å². The molecular formula is C22H23N3O3S. The topological polar surface area (TPSA) is 77.2 Å². The first kappa shape index (κ1) is 19.7. The van der Waals surface area contributed by atoms with Gasteiger partial charge < -0.3 is 9.84 Å². The van der Waals surface area contributed by atoms with Crippen molar-refractivity contribution in [3.63, 3.8) is 0 Å². The monoisotopic (exact) mass is 409 g/mol. The van der Waals surface area contributed by atoms with Gasteiger partial charge in [-0.1, -0.05) is 42.1 Å². The number of ether oxygens (including phenoxy) is 1. The van der Waals surface area contributed by atoms with Crippen molar-refractivity contribution >= 4 is 17.5 Å². The van der Waals surface area contributed by atoms with Crippen molar-refractivity contribution in [2.75, 3.05) is 12.4 Å². The summed E-state index contributed by atoms with van der Waals surface area (Å²) in [5, 5.41) is 15.6. The second kappa shape index (κ2) is 8.80. The first-order valence-electron chi connectivity index (χ1n) is 9.67. The third kappa shape index (κ3) is 5.05. The summed E-state index contributed by atoms with van der Waals surface area (Å²) in [5.74, 6) is 2.45. The number of Topliss-reactive ketones (excluding diaryl/α,β-unsaturated/α-hetero) is 1. The Morgan fingerprint density at radius 2 is 2.03 bits per heavy atom. The van der Waals surface area contributed by atoms with Crippen LogP contribution in [0.25, 0.3) is 5.69 Å². The molecule has 0 aliphatic heterocycles. The number of aliphatic hydroxyl groups is 1. The Morgan fingerprint density at radius 3 is 2.76 bits per heavy atom. The average Bonchev–Trinajstić information content (AvgIpc) is 3.50. The van der Waals surface area contributed by atoms with Crippen LogP contribution >= 0.6 is 11.8 Å². The number of carbonyl (C=O) groups is 1. The van der Waals surface area contributed by atoms with E-state index in [0.717, 1.165) is 24.4 Å². The zero-order chi connectivity index (χ0) is 20.2. The maximum Gasteiger partial charge on any atom is 0.209 e. The highest BCUT2D eigenvalue weighted by Crippen LogP contribution is 2.40. The Kier molecular flexibility index (Phi) is 5.97. The first-order valence-corrected chi connectivity index (χ1v) is 10.7. The van der Waals surface area contributed by atoms with Gasteiger partial charge >= 0.3 is 0 Å². The minimum absolute atomic E-state index is 0.0157. The van der Waals surface area contributed by atoms with Crippen molar-refractivity contribution in [3.05, 3.63) is 66.0 Å². The molecule has 1 aromatic heterocycles. The molecule has 150 valence electrons. The van der Waals surface area contributed by atoms with Gasteiger partial charge in [-0.25, -0.2) is 9.67 Å². The van der Waals surface area contributed by atoms with Gasteiger partial charge in [0.25, 0.3) is 0 Å². The lowest BCUT2D eigenvalue weighted by atomic mass is 10.1. The van der Waals surface area contributed by atoms with Crippen LogP contribution in [0.5, 0.6) is 5.75 Å². The maximum absolute atomic E-state index is 11.5. The molecule has 1 N–H and O–H groups in total. The van der Waals surface area contributed by atoms with Crippen molar-refractivity contribution in [2.45, 2.75) is 36.9 Å². The highest BCUT2D eigenvalue weighted by atomic mass is 32.2. The quantitative estimate of drug-likeness (QED) is 0.427. The number of carbonyl (C=O) groups excluding carboxylic acids is 1. The molecule has 1 unspecified atom stereocenters. The van der Waals surface area contributed by atoms with Gasteiger partial charge in [0.2, 0.25) is 5.16 Å². The molecule has 0 spiro atoms. The fourth-order valence-electron chi connectivity index (χ4n) is 2.95. The third-order valence-electron chi connectivity index (χ3n) is 4.64. The lowest BCUT2D eigenvalue weighted by Gasteiger charge is -2.11. The zero-order valence-corrected chi connectivity index (χ0v) is 17.0. The van der Waals surface area contributed by atoms with E-state index in [0.29, 0.717) is 28.1 Å². The molecule has 29 heavy (non-hydrogen) atoms. The van der Waals surface area contributed by atoms with Crippen LogP contribution in [0.2, 0.25) is 0 Å². The molecule has 1 aliphatic rings. The Morgan fingerprint density at radius 1 is 1.24 bits per heavy atom. The highest BCUT2D eigenvalue weighted by molar-refractivity contribution is 7.99. The summed E-state index contributed by atoms with van der Waals surface area (Å²) in [6, 6.07) is 17.0. The molecule has 1 atom stereocenters. The third-order valence-corrected chi connectivity index (χ3v) is 5.63. The summed E-state index contributed by atoms with van der Waals surface area (Å²) < 4.78 is 7.54. The highest BCUT2D eigenvalue weighted by Gasteiger charge is 2.30. The van der Waals surface area contributed by atoms with E-state index in [-0.39, 0.29) is 12.4 Å². The predicted octanol–water partition coefficient (Wildman–Crippen LogP) is 3.88. The van der Waals surface area contributed by atoms with Gasteiger partial charge in [-0.15, -0.1) is 5.10 Å². The molecule has 0 radical (unpaired) electrons. The van der Waals surface area contributed by atoms with Crippen molar-refractivity contribution in [1.29, 1.82) is 0 Å². The number of thioether (sulfide) groups is 1. The minimum Gasteiger partial charge on any atom is -0.491 e. The summed E-state index contributed by atoms with van der Waals surface area (Å²) in [4.78, 5) is 16.2. The normalized spacial score (nSPS) is 14.6. The number of aromatic nitrogens is 3. The molecular weight excluding hydrogens is 386 g/mol. The molecule has 4 rings (SSSR count). The molecule has 0 saturated heterocycles. The molecule has 0 bridgehead atoms. The Labute approximate surface area is 173 Å². The van der Waals surface area contributed by atoms with Crippen LogP contribution in [0.4, 0.5) is 0 Å². The first-order chi connectivity index (χ1) is 14.1. The predicted molar refractivity (Wildman–Crippen MR) is 112 cm³/mol. The lowest BCUT2D eigenvalue weighted by Crippen LogP contribution is -2.20. The molecule has 1 aliphatic carbocycles. The minimum atomic E-state index is -0.672. The van der Waals surface area contributed by atoms with Crippen LogP contribution in [-0.4, -0.2) is 44.1 Å². The number of hydrogen-bond acceptors (Lipinski definition) is 6. The number of aliphatic hydroxyl groups excluding tert-OH is 1. The van der Waals surface area contributed by atoms with E-state index in [9.17, 15) is 9.90 Å². The van der Waals surface area contributed by atoms with Gasteiger partial charge in [0, 0.05) is 17.2 Å². The van der Waals surface area contributed by atoms with E-state index >= 15 is 0 Å². The Bertz CT molecular complexity index is 986. The van der Waals surface area contributed by atoms with E-state index in [1.54, 1.807) is 24.3 Å². The molecule has 3 aromatic rings. The average molecular weight is 410 g/mol. The zero-order valence-electron chi connectivity index (χ0n) is 16.2. The van der Waals surface area contributed by atoms with Crippen LogP contribution in [0.15, 0.2) is 59.8 Å². The van der Waals surface area contributed by atoms with Gasteiger partial charge in [-0.3, -0.25) is 4.79 Å². The van der Waals surface area contributed by atoms with E-state index in [1.807, 2.05) is 35.0 Å². The summed E-state index contributed by atoms with van der Waals surface area (Å²) >= 11 is 1.42. The molecule has 2 aromatic carbocycles. The van der Waals surface area contributed by atoms with E-state index in [1.165, 1.54) is 18.7 Å². The summed E-state index contributed by atoms with van der Waals surface area (Å²) in [7, 11) is 0. The molecule has 1 heterocycles. The van der Waals surface area contributed by atoms with Gasteiger partial charge in [-0.2, -0.15) is 0 Å². The smallest absolute Gasteiger partial charge is 0.209 e. The van der Waals surface area contributed by atoms with Gasteiger partial charge in [-0.05, 0) is 44.0 Å². The second-order valence-electron chi connectivity index (χ2n) is 7.13. The van der Waals surface area contributed by atoms with Crippen LogP contribution in [-0.2, 0) is 0 Å². The van der Waals surface area contributed by atoms with E-state index in [2.05, 4.69) is 5.10 Å². The lowest BCUT2D eigenvalue weighted by molar-refractivity contribution is 0.101. The number of rotatable bonds is 9. The second-order valence-corrected chi connectivity index (χ2v) is 8.12. The molecule has 7 heteroatoms. The molecule has 1 fully saturated rings. The number of hydrogen-bond donors (Lipinski definition) is 1. The largest absolute Gasteiger partial charge is 0.491 e. The van der Waals surface area contributed by atoms with Crippen molar-refractivity contribution in [1.82, 2.24) is 14.8 Å². The molecule has 0 amide bonds. The van der Waals surface area contributed by atoms with Crippen molar-refractivity contribution < 1.29 is 14.6 Å². The van der Waals surface area contributed by atoms with Crippen molar-refractivity contribution in [2.24, 2.45) is 0 Å². The SMILES string of the molecule is CC(=O)c1cccc(OCC(O)CSc2nc(C3CC3)n(-c3ccccc3)n2)c1. The molecule has 1 saturated carbocycles. The van der Waals surface area contributed by atoms with E-state index in [4.69, 9.17) is 9.72 Å². The number of ketones is 1. The fraction of sp³-hybridized carbons (Fsp3) is 0.318. The van der Waals surface area contributed by atoms with Crippen LogP contribution < -0.4 is 4.74 Å². The van der Waals surface area contributed by atoms with Gasteiger partial charge in [0.15, 0.2) is 5.78 Å².